The minimum absolute atomic E-state index is 0.0293. The number of anilines is 1. The molecule has 1 aliphatic rings. The molecule has 3 heterocycles. The lowest BCUT2D eigenvalue weighted by Crippen LogP contribution is -2.55. The third-order valence-corrected chi connectivity index (χ3v) is 5.00. The summed E-state index contributed by atoms with van der Waals surface area (Å²) in [5, 5.41) is 2.85. The molecule has 0 amide bonds. The molecule has 6 nitrogen and oxygen atoms in total. The van der Waals surface area contributed by atoms with Gasteiger partial charge in [0.15, 0.2) is 16.8 Å². The molecule has 1 unspecified atom stereocenters. The van der Waals surface area contributed by atoms with E-state index in [-0.39, 0.29) is 34.9 Å². The summed E-state index contributed by atoms with van der Waals surface area (Å²) in [6, 6.07) is -1.11. The standard InChI is InChI=1S/C12H11Cl2F2N5OS/c13-6-11(21-2-1-17-3-5(21)9(15)16)19-10(20-12(6)22)7-8(14)18-4-23-7/h4-5,9,17H,1-3H2,(H,19,20,22). The van der Waals surface area contributed by atoms with Crippen molar-refractivity contribution < 1.29 is 8.78 Å². The molecule has 11 heteroatoms. The van der Waals surface area contributed by atoms with E-state index in [9.17, 15) is 13.6 Å². The van der Waals surface area contributed by atoms with Crippen molar-refractivity contribution in [2.24, 2.45) is 0 Å². The first-order valence-electron chi connectivity index (χ1n) is 6.63. The lowest BCUT2D eigenvalue weighted by molar-refractivity contribution is 0.105. The lowest BCUT2D eigenvalue weighted by atomic mass is 10.2. The van der Waals surface area contributed by atoms with Crippen molar-refractivity contribution in [3.8, 4) is 10.7 Å². The Morgan fingerprint density at radius 2 is 2.22 bits per heavy atom. The maximum Gasteiger partial charge on any atom is 0.272 e. The second-order valence-electron chi connectivity index (χ2n) is 4.82. The topological polar surface area (TPSA) is 73.9 Å². The Hall–Kier alpha value is -1.29. The number of rotatable bonds is 3. The van der Waals surface area contributed by atoms with Crippen LogP contribution in [0.25, 0.3) is 10.7 Å². The summed E-state index contributed by atoms with van der Waals surface area (Å²) in [6.07, 6.45) is -2.60. The summed E-state index contributed by atoms with van der Waals surface area (Å²) in [5.74, 6) is 0.190. The van der Waals surface area contributed by atoms with Crippen LogP contribution in [0.5, 0.6) is 0 Å². The molecule has 2 aromatic rings. The molecule has 1 saturated heterocycles. The fraction of sp³-hybridized carbons (Fsp3) is 0.417. The predicted molar refractivity (Wildman–Crippen MR) is 86.0 cm³/mol. The monoisotopic (exact) mass is 381 g/mol. The van der Waals surface area contributed by atoms with Gasteiger partial charge < -0.3 is 15.2 Å². The molecule has 0 spiro atoms. The van der Waals surface area contributed by atoms with Gasteiger partial charge in [-0.3, -0.25) is 4.79 Å². The zero-order valence-corrected chi connectivity index (χ0v) is 13.9. The molecule has 0 bridgehead atoms. The van der Waals surface area contributed by atoms with E-state index in [1.807, 2.05) is 0 Å². The van der Waals surface area contributed by atoms with E-state index in [1.54, 1.807) is 0 Å². The normalized spacial score (nSPS) is 18.7. The van der Waals surface area contributed by atoms with E-state index in [0.717, 1.165) is 0 Å². The van der Waals surface area contributed by atoms with Gasteiger partial charge in [-0.05, 0) is 0 Å². The molecule has 0 saturated carbocycles. The smallest absolute Gasteiger partial charge is 0.272 e. The summed E-state index contributed by atoms with van der Waals surface area (Å²) in [7, 11) is 0. The first kappa shape index (κ1) is 16.6. The number of hydrogen-bond donors (Lipinski definition) is 2. The molecule has 1 fully saturated rings. The van der Waals surface area contributed by atoms with Crippen LogP contribution >= 0.6 is 34.5 Å². The minimum atomic E-state index is -2.60. The highest BCUT2D eigenvalue weighted by Crippen LogP contribution is 2.31. The molecular weight excluding hydrogens is 371 g/mol. The van der Waals surface area contributed by atoms with E-state index in [1.165, 1.54) is 21.7 Å². The lowest BCUT2D eigenvalue weighted by Gasteiger charge is -2.36. The molecule has 0 radical (unpaired) electrons. The summed E-state index contributed by atoms with van der Waals surface area (Å²) in [4.78, 5) is 24.5. The molecule has 124 valence electrons. The van der Waals surface area contributed by atoms with Crippen molar-refractivity contribution in [2.75, 3.05) is 24.5 Å². The van der Waals surface area contributed by atoms with Crippen LogP contribution in [0.4, 0.5) is 14.6 Å². The molecule has 2 aromatic heterocycles. The molecule has 1 aliphatic heterocycles. The molecule has 0 aliphatic carbocycles. The number of nitrogens with zero attached hydrogens (tertiary/aromatic N) is 3. The van der Waals surface area contributed by atoms with Crippen molar-refractivity contribution in [1.29, 1.82) is 0 Å². The van der Waals surface area contributed by atoms with E-state index in [2.05, 4.69) is 20.3 Å². The van der Waals surface area contributed by atoms with E-state index >= 15 is 0 Å². The summed E-state index contributed by atoms with van der Waals surface area (Å²) in [5.41, 5.74) is 0.890. The highest BCUT2D eigenvalue weighted by Gasteiger charge is 2.33. The van der Waals surface area contributed by atoms with Crippen LogP contribution in [0.2, 0.25) is 10.2 Å². The second kappa shape index (κ2) is 6.68. The zero-order chi connectivity index (χ0) is 16.6. The Morgan fingerprint density at radius 3 is 2.87 bits per heavy atom. The molecule has 1 atom stereocenters. The third kappa shape index (κ3) is 3.18. The number of halogens is 4. The van der Waals surface area contributed by atoms with E-state index < -0.39 is 18.0 Å². The fourth-order valence-electron chi connectivity index (χ4n) is 2.34. The van der Waals surface area contributed by atoms with Crippen LogP contribution in [-0.2, 0) is 0 Å². The highest BCUT2D eigenvalue weighted by molar-refractivity contribution is 7.13. The van der Waals surface area contributed by atoms with Crippen LogP contribution in [0.15, 0.2) is 10.3 Å². The van der Waals surface area contributed by atoms with Crippen molar-refractivity contribution >= 4 is 40.4 Å². The van der Waals surface area contributed by atoms with Gasteiger partial charge in [0.1, 0.15) is 15.9 Å². The van der Waals surface area contributed by atoms with Crippen molar-refractivity contribution in [3.05, 3.63) is 26.0 Å². The number of H-pyrrole nitrogens is 1. The van der Waals surface area contributed by atoms with Crippen molar-refractivity contribution in [2.45, 2.75) is 12.5 Å². The van der Waals surface area contributed by atoms with Gasteiger partial charge in [0.25, 0.3) is 12.0 Å². The summed E-state index contributed by atoms with van der Waals surface area (Å²) < 4.78 is 26.5. The number of hydrogen-bond acceptors (Lipinski definition) is 6. The summed E-state index contributed by atoms with van der Waals surface area (Å²) >= 11 is 13.1. The Morgan fingerprint density at radius 1 is 1.43 bits per heavy atom. The van der Waals surface area contributed by atoms with Gasteiger partial charge in [0.2, 0.25) is 0 Å². The number of aromatic amines is 1. The Kier molecular flexibility index (Phi) is 4.81. The Bertz CT molecular complexity index is 768. The molecule has 2 N–H and O–H groups in total. The van der Waals surface area contributed by atoms with E-state index in [0.29, 0.717) is 11.4 Å². The van der Waals surface area contributed by atoms with Gasteiger partial charge in [-0.25, -0.2) is 18.7 Å². The fourth-order valence-corrected chi connectivity index (χ4v) is 3.49. The van der Waals surface area contributed by atoms with Gasteiger partial charge in [-0.2, -0.15) is 0 Å². The summed E-state index contributed by atoms with van der Waals surface area (Å²) in [6.45, 7) is 0.838. The maximum atomic E-state index is 13.3. The SMILES string of the molecule is O=c1[nH]c(-c2scnc2Cl)nc(N2CCNCC2C(F)F)c1Cl. The number of thiazole rings is 1. The Balaban J connectivity index is 2.09. The average molecular weight is 382 g/mol. The largest absolute Gasteiger partial charge is 0.344 e. The molecule has 3 rings (SSSR count). The van der Waals surface area contributed by atoms with Gasteiger partial charge >= 0.3 is 0 Å². The van der Waals surface area contributed by atoms with Crippen molar-refractivity contribution in [1.82, 2.24) is 20.3 Å². The van der Waals surface area contributed by atoms with Gasteiger partial charge in [-0.15, -0.1) is 11.3 Å². The third-order valence-electron chi connectivity index (χ3n) is 3.43. The number of alkyl halides is 2. The molecule has 0 aromatic carbocycles. The number of piperazine rings is 1. The maximum absolute atomic E-state index is 13.3. The van der Waals surface area contributed by atoms with Gasteiger partial charge in [-0.1, -0.05) is 23.2 Å². The first-order chi connectivity index (χ1) is 11.0. The van der Waals surface area contributed by atoms with Crippen LogP contribution in [0.3, 0.4) is 0 Å². The first-order valence-corrected chi connectivity index (χ1v) is 8.27. The quantitative estimate of drug-likeness (QED) is 0.852. The highest BCUT2D eigenvalue weighted by atomic mass is 35.5. The van der Waals surface area contributed by atoms with Gasteiger partial charge in [0.05, 0.1) is 5.51 Å². The average Bonchev–Trinajstić information content (AvgIpc) is 2.96. The van der Waals surface area contributed by atoms with Crippen LogP contribution in [0, 0.1) is 0 Å². The minimum Gasteiger partial charge on any atom is -0.344 e. The van der Waals surface area contributed by atoms with Crippen molar-refractivity contribution in [3.63, 3.8) is 0 Å². The number of aromatic nitrogens is 3. The number of nitrogens with one attached hydrogen (secondary N) is 2. The van der Waals surface area contributed by atoms with E-state index in [4.69, 9.17) is 23.2 Å². The predicted octanol–water partition coefficient (Wildman–Crippen LogP) is 2.24. The molecule has 23 heavy (non-hydrogen) atoms. The zero-order valence-electron chi connectivity index (χ0n) is 11.5. The van der Waals surface area contributed by atoms with Gasteiger partial charge in [0, 0.05) is 19.6 Å². The van der Waals surface area contributed by atoms with Crippen LogP contribution < -0.4 is 15.8 Å². The second-order valence-corrected chi connectivity index (χ2v) is 6.41. The van der Waals surface area contributed by atoms with Crippen LogP contribution in [-0.4, -0.2) is 47.1 Å². The van der Waals surface area contributed by atoms with Crippen LogP contribution in [0.1, 0.15) is 0 Å². The Labute approximate surface area is 143 Å². The molecular formula is C12H11Cl2F2N5OS.